The van der Waals surface area contributed by atoms with E-state index in [9.17, 15) is 4.79 Å². The van der Waals surface area contributed by atoms with Crippen LogP contribution in [-0.2, 0) is 0 Å². The van der Waals surface area contributed by atoms with Gasteiger partial charge >= 0.3 is 0 Å². The molecule has 1 amide bonds. The number of rotatable bonds is 5. The van der Waals surface area contributed by atoms with E-state index in [-0.39, 0.29) is 0 Å². The molecule has 1 aliphatic heterocycles. The normalized spacial score (nSPS) is 13.7. The standard InChI is InChI=1S/C27H24N4O/c1-17-14-15-29-16-23(17)30-18(2)21-7-5-9-25-26(21)22-6-3-4-8-24(22)31(25)20-12-10-19(11-13-20)27(28)32/h3-13,16,30H,2,14-15H2,1H3,(H2,28,32). The molecule has 0 fully saturated rings. The fourth-order valence-corrected chi connectivity index (χ4v) is 4.33. The highest BCUT2D eigenvalue weighted by Gasteiger charge is 2.17. The lowest BCUT2D eigenvalue weighted by Gasteiger charge is -2.17. The molecule has 0 saturated heterocycles. The average Bonchev–Trinajstić information content (AvgIpc) is 3.15. The Morgan fingerprint density at radius 1 is 1.03 bits per heavy atom. The van der Waals surface area contributed by atoms with Gasteiger partial charge in [0.2, 0.25) is 5.91 Å². The minimum Gasteiger partial charge on any atom is -0.366 e. The molecular formula is C27H24N4O. The maximum Gasteiger partial charge on any atom is 0.248 e. The Morgan fingerprint density at radius 3 is 2.53 bits per heavy atom. The number of hydrogen-bond donors (Lipinski definition) is 2. The van der Waals surface area contributed by atoms with Crippen LogP contribution in [0, 0.1) is 0 Å². The number of nitrogens with one attached hydrogen (secondary N) is 1. The number of carbonyl (C=O) groups is 1. The molecule has 0 radical (unpaired) electrons. The van der Waals surface area contributed by atoms with Crippen LogP contribution in [0.25, 0.3) is 33.2 Å². The third kappa shape index (κ3) is 3.28. The van der Waals surface area contributed by atoms with Crippen LogP contribution >= 0.6 is 0 Å². The average molecular weight is 421 g/mol. The molecule has 3 aromatic carbocycles. The molecule has 4 aromatic rings. The van der Waals surface area contributed by atoms with Gasteiger partial charge in [0.25, 0.3) is 0 Å². The van der Waals surface area contributed by atoms with Gasteiger partial charge in [-0.25, -0.2) is 0 Å². The third-order valence-corrected chi connectivity index (χ3v) is 6.01. The zero-order valence-electron chi connectivity index (χ0n) is 17.9. The Morgan fingerprint density at radius 2 is 1.78 bits per heavy atom. The van der Waals surface area contributed by atoms with Crippen molar-refractivity contribution in [3.05, 3.63) is 95.7 Å². The quantitative estimate of drug-likeness (QED) is 0.466. The van der Waals surface area contributed by atoms with Gasteiger partial charge in [0.1, 0.15) is 0 Å². The Kier molecular flexibility index (Phi) is 4.86. The largest absolute Gasteiger partial charge is 0.366 e. The number of fused-ring (bicyclic) bond motifs is 3. The summed E-state index contributed by atoms with van der Waals surface area (Å²) in [5.41, 5.74) is 13.2. The summed E-state index contributed by atoms with van der Waals surface area (Å²) in [6.45, 7) is 7.32. The molecule has 0 spiro atoms. The first-order chi connectivity index (χ1) is 15.5. The van der Waals surface area contributed by atoms with Crippen molar-refractivity contribution in [3.8, 4) is 5.69 Å². The number of carbonyl (C=O) groups excluding carboxylic acids is 1. The van der Waals surface area contributed by atoms with Gasteiger partial charge in [-0.05, 0) is 55.3 Å². The summed E-state index contributed by atoms with van der Waals surface area (Å²) < 4.78 is 2.21. The lowest BCUT2D eigenvalue weighted by molar-refractivity contribution is 0.100. The van der Waals surface area contributed by atoms with Crippen LogP contribution in [-0.4, -0.2) is 23.2 Å². The molecule has 2 heterocycles. The summed E-state index contributed by atoms with van der Waals surface area (Å²) in [5.74, 6) is -0.431. The van der Waals surface area contributed by atoms with Crippen LogP contribution in [0.1, 0.15) is 29.3 Å². The maximum absolute atomic E-state index is 11.5. The van der Waals surface area contributed by atoms with Gasteiger partial charge < -0.3 is 15.6 Å². The minimum absolute atomic E-state index is 0.431. The Balaban J connectivity index is 1.69. The first-order valence-corrected chi connectivity index (χ1v) is 10.6. The van der Waals surface area contributed by atoms with Crippen molar-refractivity contribution in [1.29, 1.82) is 0 Å². The van der Waals surface area contributed by atoms with Crippen molar-refractivity contribution < 1.29 is 4.79 Å². The topological polar surface area (TPSA) is 72.4 Å². The highest BCUT2D eigenvalue weighted by Crippen LogP contribution is 2.36. The van der Waals surface area contributed by atoms with Gasteiger partial charge in [-0.2, -0.15) is 0 Å². The van der Waals surface area contributed by atoms with E-state index in [1.165, 1.54) is 5.57 Å². The van der Waals surface area contributed by atoms with Gasteiger partial charge in [-0.1, -0.05) is 36.9 Å². The molecular weight excluding hydrogens is 396 g/mol. The highest BCUT2D eigenvalue weighted by atomic mass is 16.1. The predicted octanol–water partition coefficient (Wildman–Crippen LogP) is 5.19. The summed E-state index contributed by atoms with van der Waals surface area (Å²) >= 11 is 0. The lowest BCUT2D eigenvalue weighted by Crippen LogP contribution is -2.17. The van der Waals surface area contributed by atoms with Crippen molar-refractivity contribution >= 4 is 39.6 Å². The summed E-state index contributed by atoms with van der Waals surface area (Å²) in [6, 6.07) is 22.0. The van der Waals surface area contributed by atoms with Crippen LogP contribution in [0.5, 0.6) is 0 Å². The third-order valence-electron chi connectivity index (χ3n) is 6.01. The van der Waals surface area contributed by atoms with E-state index in [2.05, 4.69) is 58.7 Å². The van der Waals surface area contributed by atoms with E-state index in [0.29, 0.717) is 5.56 Å². The minimum atomic E-state index is -0.431. The van der Waals surface area contributed by atoms with E-state index in [1.807, 2.05) is 30.5 Å². The van der Waals surface area contributed by atoms with E-state index in [0.717, 1.165) is 57.4 Å². The molecule has 0 atom stereocenters. The number of allylic oxidation sites excluding steroid dienone is 1. The first kappa shape index (κ1) is 19.8. The van der Waals surface area contributed by atoms with E-state index in [4.69, 9.17) is 5.73 Å². The first-order valence-electron chi connectivity index (χ1n) is 10.6. The van der Waals surface area contributed by atoms with Crippen LogP contribution in [0.3, 0.4) is 0 Å². The number of nitrogens with two attached hydrogens (primary N) is 1. The van der Waals surface area contributed by atoms with Crippen LogP contribution in [0.2, 0.25) is 0 Å². The van der Waals surface area contributed by atoms with Crippen molar-refractivity contribution in [1.82, 2.24) is 9.88 Å². The molecule has 158 valence electrons. The Hall–Kier alpha value is -4.12. The fraction of sp³-hybridized carbons (Fsp3) is 0.111. The zero-order valence-corrected chi connectivity index (χ0v) is 17.9. The highest BCUT2D eigenvalue weighted by molar-refractivity contribution is 6.13. The van der Waals surface area contributed by atoms with Crippen molar-refractivity contribution in [3.63, 3.8) is 0 Å². The maximum atomic E-state index is 11.5. The summed E-state index contributed by atoms with van der Waals surface area (Å²) in [7, 11) is 0. The molecule has 0 aliphatic carbocycles. The number of nitrogens with zero attached hydrogens (tertiary/aromatic N) is 2. The van der Waals surface area contributed by atoms with Gasteiger partial charge in [0, 0.05) is 46.0 Å². The zero-order chi connectivity index (χ0) is 22.2. The molecule has 0 saturated carbocycles. The smallest absolute Gasteiger partial charge is 0.248 e. The summed E-state index contributed by atoms with van der Waals surface area (Å²) in [4.78, 5) is 15.9. The van der Waals surface area contributed by atoms with Gasteiger partial charge in [-0.3, -0.25) is 9.79 Å². The molecule has 32 heavy (non-hydrogen) atoms. The van der Waals surface area contributed by atoms with Crippen molar-refractivity contribution in [2.24, 2.45) is 10.7 Å². The molecule has 5 nitrogen and oxygen atoms in total. The van der Waals surface area contributed by atoms with E-state index < -0.39 is 5.91 Å². The van der Waals surface area contributed by atoms with Gasteiger partial charge in [0.05, 0.1) is 16.7 Å². The second-order valence-electron chi connectivity index (χ2n) is 8.05. The van der Waals surface area contributed by atoms with Gasteiger partial charge in [0.15, 0.2) is 0 Å². The number of aliphatic imine (C=N–C) groups is 1. The number of benzene rings is 3. The van der Waals surface area contributed by atoms with Crippen LogP contribution in [0.15, 0.2) is 89.6 Å². The SMILES string of the molecule is C=C(NC1=C(C)CCN=C1)c1cccc2c1c1ccccc1n2-c1ccc(C(N)=O)cc1. The number of amides is 1. The van der Waals surface area contributed by atoms with E-state index in [1.54, 1.807) is 12.1 Å². The Labute approximate surface area is 186 Å². The molecule has 5 heteroatoms. The molecule has 3 N–H and O–H groups in total. The number of dihydropyridines is 1. The second-order valence-corrected chi connectivity index (χ2v) is 8.05. The second kappa shape index (κ2) is 7.85. The lowest BCUT2D eigenvalue weighted by atomic mass is 10.0. The number of aromatic nitrogens is 1. The molecule has 0 bridgehead atoms. The van der Waals surface area contributed by atoms with Crippen molar-refractivity contribution in [2.45, 2.75) is 13.3 Å². The van der Waals surface area contributed by atoms with Crippen molar-refractivity contribution in [2.75, 3.05) is 6.54 Å². The molecule has 5 rings (SSSR count). The molecule has 1 aliphatic rings. The van der Waals surface area contributed by atoms with Gasteiger partial charge in [-0.15, -0.1) is 0 Å². The summed E-state index contributed by atoms with van der Waals surface area (Å²) in [5, 5.41) is 5.76. The number of hydrogen-bond acceptors (Lipinski definition) is 3. The predicted molar refractivity (Wildman–Crippen MR) is 132 cm³/mol. The fourth-order valence-electron chi connectivity index (χ4n) is 4.33. The molecule has 0 unspecified atom stereocenters. The number of primary amides is 1. The van der Waals surface area contributed by atoms with E-state index >= 15 is 0 Å². The van der Waals surface area contributed by atoms with Crippen LogP contribution in [0.4, 0.5) is 0 Å². The Bertz CT molecular complexity index is 1440. The summed E-state index contributed by atoms with van der Waals surface area (Å²) in [6.07, 6.45) is 2.85. The monoisotopic (exact) mass is 420 g/mol. The van der Waals surface area contributed by atoms with Crippen LogP contribution < -0.4 is 11.1 Å². The molecule has 1 aromatic heterocycles. The number of para-hydroxylation sites is 1.